The monoisotopic (exact) mass is 482 g/mol. The van der Waals surface area contributed by atoms with Gasteiger partial charge in [0.05, 0.1) is 23.5 Å². The number of nitrogens with zero attached hydrogens (tertiary/aromatic N) is 3. The Labute approximate surface area is 211 Å². The van der Waals surface area contributed by atoms with E-state index in [1.807, 2.05) is 52.0 Å². The number of benzene rings is 2. The highest BCUT2D eigenvalue weighted by molar-refractivity contribution is 6.05. The Kier molecular flexibility index (Phi) is 6.42. The summed E-state index contributed by atoms with van der Waals surface area (Å²) < 4.78 is 0. The number of anilines is 1. The van der Waals surface area contributed by atoms with E-state index in [1.54, 1.807) is 37.5 Å². The van der Waals surface area contributed by atoms with Gasteiger partial charge >= 0.3 is 0 Å². The molecular formula is C29H30N4O3. The van der Waals surface area contributed by atoms with Crippen LogP contribution in [0.1, 0.15) is 71.1 Å². The second kappa shape index (κ2) is 9.21. The van der Waals surface area contributed by atoms with E-state index < -0.39 is 5.72 Å². The van der Waals surface area contributed by atoms with Crippen molar-refractivity contribution < 1.29 is 14.7 Å². The number of hydrogen-bond acceptors (Lipinski definition) is 5. The Bertz CT molecular complexity index is 1380. The van der Waals surface area contributed by atoms with Crippen LogP contribution < -0.4 is 5.32 Å². The third-order valence-electron chi connectivity index (χ3n) is 6.60. The molecule has 7 heteroatoms. The number of aliphatic hydroxyl groups is 1. The highest BCUT2D eigenvalue weighted by Gasteiger charge is 2.46. The molecule has 7 nitrogen and oxygen atoms in total. The van der Waals surface area contributed by atoms with Crippen LogP contribution in [-0.2, 0) is 5.41 Å². The van der Waals surface area contributed by atoms with Gasteiger partial charge in [0.25, 0.3) is 11.8 Å². The van der Waals surface area contributed by atoms with Crippen LogP contribution in [0.15, 0.2) is 54.7 Å². The average Bonchev–Trinajstić information content (AvgIpc) is 3.61. The number of amides is 2. The van der Waals surface area contributed by atoms with Gasteiger partial charge in [0, 0.05) is 29.4 Å². The highest BCUT2D eigenvalue weighted by Crippen LogP contribution is 2.38. The lowest BCUT2D eigenvalue weighted by molar-refractivity contribution is 0.00252. The quantitative estimate of drug-likeness (QED) is 0.496. The van der Waals surface area contributed by atoms with E-state index in [0.29, 0.717) is 35.2 Å². The number of carbonyl (C=O) groups is 2. The summed E-state index contributed by atoms with van der Waals surface area (Å²) in [5.74, 6) is -0.553. The summed E-state index contributed by atoms with van der Waals surface area (Å²) in [6, 6.07) is 16.3. The third kappa shape index (κ3) is 5.14. The molecule has 2 N–H and O–H groups in total. The zero-order chi connectivity index (χ0) is 26.3. The molecule has 3 aromatic rings. The minimum Gasteiger partial charge on any atom is -0.371 e. The fraction of sp³-hybridized carbons (Fsp3) is 0.310. The maximum absolute atomic E-state index is 13.1. The Morgan fingerprint density at radius 2 is 1.75 bits per heavy atom. The summed E-state index contributed by atoms with van der Waals surface area (Å²) in [4.78, 5) is 31.6. The van der Waals surface area contributed by atoms with Crippen LogP contribution in [0, 0.1) is 18.3 Å². The van der Waals surface area contributed by atoms with Crippen LogP contribution in [0.25, 0.3) is 11.1 Å². The number of carbonyl (C=O) groups excluding carboxylic acids is 2. The van der Waals surface area contributed by atoms with Crippen LogP contribution in [0.4, 0.5) is 5.69 Å². The van der Waals surface area contributed by atoms with E-state index in [4.69, 9.17) is 0 Å². The lowest BCUT2D eigenvalue weighted by Crippen LogP contribution is -2.38. The Hall–Kier alpha value is -4.02. The van der Waals surface area contributed by atoms with E-state index in [2.05, 4.69) is 16.4 Å². The summed E-state index contributed by atoms with van der Waals surface area (Å²) in [7, 11) is 1.61. The van der Waals surface area contributed by atoms with E-state index in [0.717, 1.165) is 22.4 Å². The van der Waals surface area contributed by atoms with E-state index in [-0.39, 0.29) is 17.2 Å². The smallest absolute Gasteiger partial charge is 0.255 e. The molecule has 0 saturated heterocycles. The Morgan fingerprint density at radius 1 is 1.08 bits per heavy atom. The molecule has 1 aliphatic rings. The SMILES string of the molecule is Cc1ncc(NC(=O)c2cc(C#N)cc(C(C)(C)C)c2)cc1-c1ccc(C(=O)N(C)C2(O)CC2)cc1. The van der Waals surface area contributed by atoms with Crippen molar-refractivity contribution in [2.45, 2.75) is 51.7 Å². The molecule has 184 valence electrons. The molecule has 0 unspecified atom stereocenters. The van der Waals surface area contributed by atoms with E-state index >= 15 is 0 Å². The summed E-state index contributed by atoms with van der Waals surface area (Å²) in [5, 5.41) is 22.5. The van der Waals surface area contributed by atoms with Gasteiger partial charge in [0.2, 0.25) is 0 Å². The molecule has 0 atom stereocenters. The van der Waals surface area contributed by atoms with E-state index in [9.17, 15) is 20.0 Å². The number of nitriles is 1. The van der Waals surface area contributed by atoms with Crippen molar-refractivity contribution in [3.05, 3.63) is 82.7 Å². The predicted octanol–water partition coefficient (Wildman–Crippen LogP) is 5.03. The molecule has 1 saturated carbocycles. The van der Waals surface area contributed by atoms with Crippen molar-refractivity contribution >= 4 is 17.5 Å². The molecule has 0 bridgehead atoms. The van der Waals surface area contributed by atoms with Crippen LogP contribution in [-0.4, -0.2) is 39.6 Å². The second-order valence-electron chi connectivity index (χ2n) is 10.4. The molecule has 1 aromatic heterocycles. The van der Waals surface area contributed by atoms with Gasteiger partial charge in [-0.15, -0.1) is 0 Å². The molecule has 4 rings (SSSR count). The third-order valence-corrected chi connectivity index (χ3v) is 6.60. The van der Waals surface area contributed by atoms with Gasteiger partial charge < -0.3 is 15.3 Å². The zero-order valence-electron chi connectivity index (χ0n) is 21.2. The Balaban J connectivity index is 1.57. The standard InChI is InChI=1S/C29H30N4O3/c1-18-25(20-6-8-21(9-7-20)27(35)33(5)29(36)10-11-29)15-24(17-31-18)32-26(34)22-12-19(16-30)13-23(14-22)28(2,3)4/h6-9,12-15,17,36H,10-11H2,1-5H3,(H,32,34). The molecule has 36 heavy (non-hydrogen) atoms. The lowest BCUT2D eigenvalue weighted by Gasteiger charge is -2.23. The number of rotatable bonds is 5. The van der Waals surface area contributed by atoms with Crippen molar-refractivity contribution in [1.82, 2.24) is 9.88 Å². The first-order chi connectivity index (χ1) is 16.9. The van der Waals surface area contributed by atoms with Crippen molar-refractivity contribution in [1.29, 1.82) is 5.26 Å². The molecule has 1 fully saturated rings. The average molecular weight is 483 g/mol. The van der Waals surface area contributed by atoms with Crippen LogP contribution in [0.2, 0.25) is 0 Å². The van der Waals surface area contributed by atoms with Crippen LogP contribution in [0.3, 0.4) is 0 Å². The number of hydrogen-bond donors (Lipinski definition) is 2. The summed E-state index contributed by atoms with van der Waals surface area (Å²) in [5.41, 5.74) is 3.97. The molecule has 1 aliphatic carbocycles. The molecule has 2 amide bonds. The molecule has 1 heterocycles. The van der Waals surface area contributed by atoms with Gasteiger partial charge in [0.15, 0.2) is 0 Å². The summed E-state index contributed by atoms with van der Waals surface area (Å²) >= 11 is 0. The van der Waals surface area contributed by atoms with Crippen molar-refractivity contribution in [3.63, 3.8) is 0 Å². The lowest BCUT2D eigenvalue weighted by atomic mass is 9.85. The van der Waals surface area contributed by atoms with Crippen molar-refractivity contribution in [2.24, 2.45) is 0 Å². The molecule has 0 aliphatic heterocycles. The minimum atomic E-state index is -1.02. The van der Waals surface area contributed by atoms with Crippen molar-refractivity contribution in [2.75, 3.05) is 12.4 Å². The highest BCUT2D eigenvalue weighted by atomic mass is 16.3. The van der Waals surface area contributed by atoms with Crippen molar-refractivity contribution in [3.8, 4) is 17.2 Å². The van der Waals surface area contributed by atoms with Gasteiger partial charge in [0.1, 0.15) is 5.72 Å². The normalized spacial score (nSPS) is 14.0. The predicted molar refractivity (Wildman–Crippen MR) is 138 cm³/mol. The number of aryl methyl sites for hydroxylation is 1. The van der Waals surface area contributed by atoms with Gasteiger partial charge in [-0.1, -0.05) is 32.9 Å². The van der Waals surface area contributed by atoms with Gasteiger partial charge in [-0.2, -0.15) is 5.26 Å². The molecular weight excluding hydrogens is 452 g/mol. The minimum absolute atomic E-state index is 0.209. The largest absolute Gasteiger partial charge is 0.371 e. The summed E-state index contributed by atoms with van der Waals surface area (Å²) in [6.07, 6.45) is 2.78. The maximum Gasteiger partial charge on any atom is 0.255 e. The molecule has 0 radical (unpaired) electrons. The fourth-order valence-corrected chi connectivity index (χ4v) is 3.98. The first kappa shape index (κ1) is 25.1. The number of pyridine rings is 1. The summed E-state index contributed by atoms with van der Waals surface area (Å²) in [6.45, 7) is 7.98. The number of nitrogens with one attached hydrogen (secondary N) is 1. The molecule has 2 aromatic carbocycles. The number of aromatic nitrogens is 1. The van der Waals surface area contributed by atoms with Crippen LogP contribution in [0.5, 0.6) is 0 Å². The van der Waals surface area contributed by atoms with Gasteiger partial charge in [-0.25, -0.2) is 0 Å². The van der Waals surface area contributed by atoms with Crippen LogP contribution >= 0.6 is 0 Å². The van der Waals surface area contributed by atoms with E-state index in [1.165, 1.54) is 4.90 Å². The first-order valence-corrected chi connectivity index (χ1v) is 11.9. The molecule has 0 spiro atoms. The topological polar surface area (TPSA) is 106 Å². The van der Waals surface area contributed by atoms with Gasteiger partial charge in [-0.3, -0.25) is 14.6 Å². The zero-order valence-corrected chi connectivity index (χ0v) is 21.2. The first-order valence-electron chi connectivity index (χ1n) is 11.9. The fourth-order valence-electron chi connectivity index (χ4n) is 3.98. The Morgan fingerprint density at radius 3 is 2.33 bits per heavy atom. The maximum atomic E-state index is 13.1. The second-order valence-corrected chi connectivity index (χ2v) is 10.4. The van der Waals surface area contributed by atoms with Gasteiger partial charge in [-0.05, 0) is 72.7 Å².